The third-order valence-electron chi connectivity index (χ3n) is 5.91. The predicted molar refractivity (Wildman–Crippen MR) is 138 cm³/mol. The molecule has 1 amide bonds. The maximum absolute atomic E-state index is 13.8. The first-order valence-electron chi connectivity index (χ1n) is 11.7. The number of anilines is 2. The second-order valence-corrected chi connectivity index (χ2v) is 9.06. The highest BCUT2D eigenvalue weighted by Crippen LogP contribution is 2.36. The Balaban J connectivity index is 1.61. The molecule has 0 aliphatic carbocycles. The van der Waals surface area contributed by atoms with E-state index in [1.807, 2.05) is 25.9 Å². The van der Waals surface area contributed by atoms with Crippen molar-refractivity contribution in [3.63, 3.8) is 0 Å². The number of aromatic nitrogens is 5. The van der Waals surface area contributed by atoms with Crippen LogP contribution in [-0.4, -0.2) is 63.0 Å². The quantitative estimate of drug-likeness (QED) is 0.348. The predicted octanol–water partition coefficient (Wildman–Crippen LogP) is 4.59. The zero-order chi connectivity index (χ0) is 27.4. The van der Waals surface area contributed by atoms with E-state index in [2.05, 4.69) is 30.9 Å². The smallest absolute Gasteiger partial charge is 0.384 e. The molecule has 0 bridgehead atoms. The molecule has 4 aromatic rings. The van der Waals surface area contributed by atoms with E-state index in [1.54, 1.807) is 41.5 Å². The van der Waals surface area contributed by atoms with Crippen molar-refractivity contribution < 1.29 is 18.0 Å². The summed E-state index contributed by atoms with van der Waals surface area (Å²) in [7, 11) is 3.73. The molecule has 2 aromatic carbocycles. The fourth-order valence-corrected chi connectivity index (χ4v) is 3.82. The molecule has 2 N–H and O–H groups in total. The van der Waals surface area contributed by atoms with Gasteiger partial charge >= 0.3 is 6.18 Å². The summed E-state index contributed by atoms with van der Waals surface area (Å²) in [5.74, 6) is -0.665. The average molecular weight is 525 g/mol. The van der Waals surface area contributed by atoms with Crippen molar-refractivity contribution >= 4 is 17.3 Å². The Morgan fingerprint density at radius 1 is 1.08 bits per heavy atom. The number of halogens is 3. The minimum absolute atomic E-state index is 0.0382. The topological polar surface area (TPSA) is 101 Å². The van der Waals surface area contributed by atoms with Crippen LogP contribution in [0.5, 0.6) is 0 Å². The molecule has 0 aliphatic rings. The van der Waals surface area contributed by atoms with Gasteiger partial charge in [-0.25, -0.2) is 14.6 Å². The van der Waals surface area contributed by atoms with E-state index >= 15 is 0 Å². The van der Waals surface area contributed by atoms with Gasteiger partial charge in [-0.05, 0) is 63.3 Å². The lowest BCUT2D eigenvalue weighted by Crippen LogP contribution is -2.22. The zero-order valence-electron chi connectivity index (χ0n) is 21.3. The summed E-state index contributed by atoms with van der Waals surface area (Å²) < 4.78 is 42.9. The second-order valence-electron chi connectivity index (χ2n) is 9.06. The van der Waals surface area contributed by atoms with Crippen LogP contribution in [0.2, 0.25) is 0 Å². The normalized spacial score (nSPS) is 11.6. The van der Waals surface area contributed by atoms with Gasteiger partial charge < -0.3 is 15.5 Å². The Hall–Kier alpha value is -4.32. The molecule has 38 heavy (non-hydrogen) atoms. The Labute approximate surface area is 217 Å². The number of hydrogen-bond donors (Lipinski definition) is 2. The number of carbonyl (C=O) groups is 1. The third-order valence-corrected chi connectivity index (χ3v) is 5.91. The summed E-state index contributed by atoms with van der Waals surface area (Å²) >= 11 is 0. The first-order chi connectivity index (χ1) is 18.0. The highest BCUT2D eigenvalue weighted by Gasteiger charge is 2.34. The van der Waals surface area contributed by atoms with Crippen LogP contribution in [0.3, 0.4) is 0 Å². The summed E-state index contributed by atoms with van der Waals surface area (Å²) in [6.07, 6.45) is 1.74. The van der Waals surface area contributed by atoms with E-state index in [1.165, 1.54) is 19.3 Å². The van der Waals surface area contributed by atoms with Gasteiger partial charge in [0.1, 0.15) is 12.0 Å². The monoisotopic (exact) mass is 524 g/mol. The molecule has 2 heterocycles. The molecule has 0 aliphatic heterocycles. The van der Waals surface area contributed by atoms with Crippen LogP contribution < -0.4 is 10.6 Å². The molecular weight excluding hydrogens is 497 g/mol. The molecule has 0 radical (unpaired) electrons. The summed E-state index contributed by atoms with van der Waals surface area (Å²) in [6, 6.07) is 7.46. The number of amides is 1. The lowest BCUT2D eigenvalue weighted by molar-refractivity contribution is -0.138. The van der Waals surface area contributed by atoms with Gasteiger partial charge in [-0.2, -0.15) is 13.2 Å². The molecule has 198 valence electrons. The fourth-order valence-electron chi connectivity index (χ4n) is 3.82. The fraction of sp³-hybridized carbons (Fsp3) is 0.269. The van der Waals surface area contributed by atoms with Crippen molar-refractivity contribution in [2.24, 2.45) is 0 Å². The minimum atomic E-state index is -4.61. The molecule has 4 rings (SSSR count). The molecule has 2 aromatic heterocycles. The Morgan fingerprint density at radius 2 is 1.82 bits per heavy atom. The number of nitrogens with zero attached hydrogens (tertiary/aromatic N) is 6. The molecule has 0 fully saturated rings. The first kappa shape index (κ1) is 26.7. The Bertz CT molecular complexity index is 1430. The Morgan fingerprint density at radius 3 is 2.50 bits per heavy atom. The largest absolute Gasteiger partial charge is 0.416 e. The van der Waals surface area contributed by atoms with Crippen LogP contribution in [0.4, 0.5) is 24.5 Å². The van der Waals surface area contributed by atoms with E-state index in [9.17, 15) is 18.0 Å². The number of rotatable bonds is 8. The third kappa shape index (κ3) is 6.14. The number of nitrogens with one attached hydrogen (secondary N) is 2. The molecule has 0 spiro atoms. The average Bonchev–Trinajstić information content (AvgIpc) is 3.36. The van der Waals surface area contributed by atoms with Gasteiger partial charge in [0, 0.05) is 48.0 Å². The Kier molecular flexibility index (Phi) is 7.72. The molecule has 12 heteroatoms. The molecule has 0 saturated heterocycles. The van der Waals surface area contributed by atoms with Crippen molar-refractivity contribution in [2.45, 2.75) is 20.0 Å². The minimum Gasteiger partial charge on any atom is -0.384 e. The first-order valence-corrected chi connectivity index (χ1v) is 11.7. The van der Waals surface area contributed by atoms with E-state index in [4.69, 9.17) is 0 Å². The van der Waals surface area contributed by atoms with Crippen molar-refractivity contribution in [3.8, 4) is 16.9 Å². The molecule has 9 nitrogen and oxygen atoms in total. The number of alkyl halides is 3. The van der Waals surface area contributed by atoms with Crippen molar-refractivity contribution in [1.29, 1.82) is 0 Å². The highest BCUT2D eigenvalue weighted by atomic mass is 19.4. The van der Waals surface area contributed by atoms with E-state index in [0.717, 1.165) is 11.6 Å². The van der Waals surface area contributed by atoms with E-state index < -0.39 is 17.6 Å². The summed E-state index contributed by atoms with van der Waals surface area (Å²) in [6.45, 7) is 4.30. The number of carbonyl (C=O) groups excluding carboxylic acids is 1. The van der Waals surface area contributed by atoms with Gasteiger partial charge in [0.25, 0.3) is 5.91 Å². The summed E-state index contributed by atoms with van der Waals surface area (Å²) in [5.41, 5.74) is 2.48. The number of aryl methyl sites for hydroxylation is 1. The second kappa shape index (κ2) is 11.0. The zero-order valence-corrected chi connectivity index (χ0v) is 21.3. The SMILES string of the molecule is Cc1ccc(NC(=O)c2cc(NCCN(C)C)c(C)c(C(F)(F)F)c2)cc1-n1cc(-c2cncnc2)nn1. The van der Waals surface area contributed by atoms with E-state index in [-0.39, 0.29) is 16.8 Å². The maximum Gasteiger partial charge on any atom is 0.416 e. The lowest BCUT2D eigenvalue weighted by Gasteiger charge is -2.19. The van der Waals surface area contributed by atoms with Crippen LogP contribution >= 0.6 is 0 Å². The van der Waals surface area contributed by atoms with Gasteiger partial charge in [-0.15, -0.1) is 5.10 Å². The van der Waals surface area contributed by atoms with E-state index in [0.29, 0.717) is 35.7 Å². The van der Waals surface area contributed by atoms with Crippen LogP contribution in [-0.2, 0) is 6.18 Å². The number of benzene rings is 2. The standard InChI is InChI=1S/C26H27F3N8O/c1-16-5-6-20(11-24(16)37-14-23(34-35-37)19-12-30-15-31-13-19)33-25(38)18-9-21(26(27,28)29)17(2)22(10-18)32-7-8-36(3)4/h5-6,9-15,32H,7-8H2,1-4H3,(H,33,38). The van der Waals surface area contributed by atoms with Crippen molar-refractivity contribution in [1.82, 2.24) is 29.9 Å². The molecular formula is C26H27F3N8O. The molecule has 0 unspecified atom stereocenters. The van der Waals surface area contributed by atoms with Crippen LogP contribution in [0.25, 0.3) is 16.9 Å². The van der Waals surface area contributed by atoms with Crippen LogP contribution in [0, 0.1) is 13.8 Å². The molecule has 0 atom stereocenters. The number of likely N-dealkylation sites (N-methyl/N-ethyl adjacent to an activating group) is 1. The van der Waals surface area contributed by atoms with Crippen LogP contribution in [0.1, 0.15) is 27.0 Å². The van der Waals surface area contributed by atoms with Gasteiger partial charge in [-0.1, -0.05) is 11.3 Å². The summed E-state index contributed by atoms with van der Waals surface area (Å²) in [4.78, 5) is 23.0. The number of hydrogen-bond acceptors (Lipinski definition) is 7. The van der Waals surface area contributed by atoms with Crippen molar-refractivity contribution in [3.05, 3.63) is 77.5 Å². The van der Waals surface area contributed by atoms with Gasteiger partial charge in [0.05, 0.1) is 17.4 Å². The van der Waals surface area contributed by atoms with Gasteiger partial charge in [0.2, 0.25) is 0 Å². The highest BCUT2D eigenvalue weighted by molar-refractivity contribution is 6.05. The van der Waals surface area contributed by atoms with Crippen LogP contribution in [0.15, 0.2) is 55.2 Å². The van der Waals surface area contributed by atoms with Gasteiger partial charge in [0.15, 0.2) is 0 Å². The maximum atomic E-state index is 13.8. The lowest BCUT2D eigenvalue weighted by atomic mass is 10.0. The van der Waals surface area contributed by atoms with Crippen molar-refractivity contribution in [2.75, 3.05) is 37.8 Å². The van der Waals surface area contributed by atoms with Gasteiger partial charge in [-0.3, -0.25) is 4.79 Å². The summed E-state index contributed by atoms with van der Waals surface area (Å²) in [5, 5.41) is 14.1. The molecule has 0 saturated carbocycles.